The summed E-state index contributed by atoms with van der Waals surface area (Å²) in [5.74, 6) is -3.03. The van der Waals surface area contributed by atoms with Crippen molar-refractivity contribution in [1.29, 1.82) is 0 Å². The molecule has 0 radical (unpaired) electrons. The van der Waals surface area contributed by atoms with E-state index in [1.54, 1.807) is 0 Å². The Hall–Kier alpha value is -1.11. The first-order valence-electron chi connectivity index (χ1n) is 3.19. The number of rotatable bonds is 2. The Balaban J connectivity index is 0.00000169. The van der Waals surface area contributed by atoms with E-state index < -0.39 is 28.8 Å². The molecule has 0 saturated heterocycles. The topological polar surface area (TPSA) is 110 Å². The second kappa shape index (κ2) is 4.94. The predicted molar refractivity (Wildman–Crippen MR) is 38.4 cm³/mol. The number of carbonyl (C=O) groups excluding carboxylic acids is 1. The van der Waals surface area contributed by atoms with Gasteiger partial charge in [0, 0.05) is 12.1 Å². The Bertz CT molecular complexity index is 389. The summed E-state index contributed by atoms with van der Waals surface area (Å²) in [4.78, 5) is 33.4. The van der Waals surface area contributed by atoms with E-state index in [4.69, 9.17) is 5.11 Å². The number of pyridine rings is 1. The molecule has 0 aromatic carbocycles. The molecule has 1 aromatic heterocycles. The van der Waals surface area contributed by atoms with Crippen LogP contribution in [0, 0.1) is 0 Å². The van der Waals surface area contributed by atoms with E-state index >= 15 is 0 Å². The maximum absolute atomic E-state index is 10.7. The summed E-state index contributed by atoms with van der Waals surface area (Å²) >= 11 is 0. The molecule has 0 spiro atoms. The van der Waals surface area contributed by atoms with Gasteiger partial charge < -0.3 is 20.0 Å². The van der Waals surface area contributed by atoms with Crippen molar-refractivity contribution >= 4 is 11.9 Å². The smallest absolute Gasteiger partial charge is 0.543 e. The van der Waals surface area contributed by atoms with Gasteiger partial charge in [-0.05, 0) is 0 Å². The number of carboxylic acid groups (broad SMARTS) is 2. The van der Waals surface area contributed by atoms with Crippen molar-refractivity contribution in [3.8, 4) is 0 Å². The molecule has 0 bridgehead atoms. The van der Waals surface area contributed by atoms with Gasteiger partial charge in [0.2, 0.25) is 0 Å². The minimum absolute atomic E-state index is 0. The molecule has 1 aromatic rings. The van der Waals surface area contributed by atoms with Crippen molar-refractivity contribution in [3.63, 3.8) is 0 Å². The van der Waals surface area contributed by atoms with Gasteiger partial charge in [0.25, 0.3) is 0 Å². The van der Waals surface area contributed by atoms with Gasteiger partial charge in [0.05, 0.1) is 11.7 Å². The largest absolute Gasteiger partial charge is 1.00 e. The number of hydrogen-bond acceptors (Lipinski definition) is 4. The fourth-order valence-corrected chi connectivity index (χ4v) is 0.769. The van der Waals surface area contributed by atoms with Crippen LogP contribution in [0.5, 0.6) is 0 Å². The molecule has 0 atom stereocenters. The number of aromatic nitrogens is 1. The fourth-order valence-electron chi connectivity index (χ4n) is 0.769. The van der Waals surface area contributed by atoms with E-state index in [0.29, 0.717) is 0 Å². The van der Waals surface area contributed by atoms with Gasteiger partial charge in [-0.25, -0.2) is 4.79 Å². The second-order valence-electron chi connectivity index (χ2n) is 2.24. The third-order valence-electron chi connectivity index (χ3n) is 1.29. The van der Waals surface area contributed by atoms with Crippen LogP contribution in [-0.4, -0.2) is 22.0 Å². The average molecular weight is 205 g/mol. The first-order valence-corrected chi connectivity index (χ1v) is 3.19. The van der Waals surface area contributed by atoms with Gasteiger partial charge in [-0.1, -0.05) is 0 Å². The van der Waals surface area contributed by atoms with E-state index in [1.165, 1.54) is 0 Å². The SMILES string of the molecule is O=C([O-])c1cc(=O)cc(C(=O)O)[14nH]1.[Na+]. The number of H-pyrrole nitrogens is 1. The Kier molecular flexibility index (Phi) is 4.55. The zero-order valence-electron chi connectivity index (χ0n) is 7.23. The van der Waals surface area contributed by atoms with E-state index in [0.717, 1.165) is 12.1 Å². The molecule has 6 nitrogen and oxygen atoms in total. The second-order valence-corrected chi connectivity index (χ2v) is 2.24. The molecule has 0 unspecified atom stereocenters. The normalized spacial score (nSPS) is 8.86. The number of carboxylic acids is 2. The molecule has 2 N–H and O–H groups in total. The number of aromatic amines is 1. The van der Waals surface area contributed by atoms with Gasteiger partial charge in [-0.2, -0.15) is 0 Å². The summed E-state index contributed by atoms with van der Waals surface area (Å²) in [7, 11) is 0. The maximum Gasteiger partial charge on any atom is 1.00 e. The molecule has 0 saturated carbocycles. The van der Waals surface area contributed by atoms with Crippen molar-refractivity contribution in [2.75, 3.05) is 0 Å². The van der Waals surface area contributed by atoms with Crippen LogP contribution in [0.2, 0.25) is 0 Å². The predicted octanol–water partition coefficient (Wildman–Crippen LogP) is -4.56. The summed E-state index contributed by atoms with van der Waals surface area (Å²) in [5, 5.41) is 18.7. The van der Waals surface area contributed by atoms with Crippen LogP contribution in [0.25, 0.3) is 0 Å². The summed E-state index contributed by atoms with van der Waals surface area (Å²) < 4.78 is 0. The van der Waals surface area contributed by atoms with Crippen LogP contribution in [0.15, 0.2) is 16.9 Å². The van der Waals surface area contributed by atoms with E-state index in [1.807, 2.05) is 4.98 Å². The molecule has 0 aliphatic heterocycles. The molecule has 0 amide bonds. The minimum atomic E-state index is -1.62. The van der Waals surface area contributed by atoms with Gasteiger partial charge >= 0.3 is 35.5 Å². The summed E-state index contributed by atoms with van der Waals surface area (Å²) in [6.45, 7) is 0. The molecular weight excluding hydrogens is 201 g/mol. The summed E-state index contributed by atoms with van der Waals surface area (Å²) in [6, 6.07) is 1.54. The Morgan fingerprint density at radius 3 is 2.21 bits per heavy atom. The zero-order chi connectivity index (χ0) is 10.0. The number of nitrogens with one attached hydrogen (secondary N) is 1. The molecule has 14 heavy (non-hydrogen) atoms. The molecule has 1 heterocycles. The van der Waals surface area contributed by atoms with Crippen molar-refractivity contribution in [2.45, 2.75) is 0 Å². The number of hydrogen-bond donors (Lipinski definition) is 2. The number of carbonyl (C=O) groups is 2. The standard InChI is InChI=1S/C7H5NO5.Na/c9-3-1-4(6(10)11)8-5(2-3)7(12)13;/h1-2H,(H,8,9)(H,10,11)(H,12,13);/q;+1/p-1/i8+0;. The summed E-state index contributed by atoms with van der Waals surface area (Å²) in [6.07, 6.45) is 0. The fraction of sp³-hybridized carbons (Fsp3) is 0. The van der Waals surface area contributed by atoms with Crippen LogP contribution in [-0.2, 0) is 0 Å². The van der Waals surface area contributed by atoms with Crippen LogP contribution < -0.4 is 40.1 Å². The number of aromatic carboxylic acids is 2. The van der Waals surface area contributed by atoms with Crippen LogP contribution in [0.3, 0.4) is 0 Å². The monoisotopic (exact) mass is 205 g/mol. The Labute approximate surface area is 99.9 Å². The Morgan fingerprint density at radius 1 is 1.29 bits per heavy atom. The molecular formula is C7H4NNaO5. The van der Waals surface area contributed by atoms with Gasteiger partial charge in [-0.15, -0.1) is 0 Å². The van der Waals surface area contributed by atoms with Gasteiger partial charge in [-0.3, -0.25) is 4.79 Å². The van der Waals surface area contributed by atoms with Crippen LogP contribution in [0.1, 0.15) is 21.0 Å². The molecule has 0 fully saturated rings. The van der Waals surface area contributed by atoms with Crippen LogP contribution in [0.4, 0.5) is 0 Å². The van der Waals surface area contributed by atoms with E-state index in [2.05, 4.69) is 0 Å². The first-order chi connectivity index (χ1) is 6.00. The van der Waals surface area contributed by atoms with Gasteiger partial charge in [0.15, 0.2) is 5.43 Å². The molecule has 7 heteroatoms. The zero-order valence-corrected chi connectivity index (χ0v) is 9.23. The van der Waals surface area contributed by atoms with Crippen LogP contribution >= 0.6 is 0 Å². The van der Waals surface area contributed by atoms with Crippen molar-refractivity contribution in [3.05, 3.63) is 33.7 Å². The van der Waals surface area contributed by atoms with Crippen molar-refractivity contribution in [1.82, 2.24) is 4.98 Å². The van der Waals surface area contributed by atoms with E-state index in [-0.39, 0.29) is 29.6 Å². The average Bonchev–Trinajstić information content (AvgIpc) is 2.03. The van der Waals surface area contributed by atoms with E-state index in [9.17, 15) is 19.5 Å². The molecule has 0 aliphatic rings. The van der Waals surface area contributed by atoms with Gasteiger partial charge in [0.1, 0.15) is 5.69 Å². The van der Waals surface area contributed by atoms with Crippen molar-refractivity contribution in [2.24, 2.45) is 0 Å². The first kappa shape index (κ1) is 12.9. The summed E-state index contributed by atoms with van der Waals surface area (Å²) in [5.41, 5.74) is -1.73. The molecule has 1 rings (SSSR count). The molecule has 0 aliphatic carbocycles. The minimum Gasteiger partial charge on any atom is -0.543 e. The molecule has 68 valence electrons. The quantitative estimate of drug-likeness (QED) is 0.472. The Morgan fingerprint density at radius 2 is 1.79 bits per heavy atom. The maximum atomic E-state index is 10.7. The third kappa shape index (κ3) is 2.99. The van der Waals surface area contributed by atoms with Crippen molar-refractivity contribution < 1.29 is 49.4 Å². The third-order valence-corrected chi connectivity index (χ3v) is 1.29.